The van der Waals surface area contributed by atoms with Gasteiger partial charge in [0.15, 0.2) is 17.5 Å². The number of rotatable bonds is 12. The summed E-state index contributed by atoms with van der Waals surface area (Å²) in [5, 5.41) is 12.6. The molecule has 1 heterocycles. The molecule has 9 heteroatoms. The first kappa shape index (κ1) is 27.0. The Morgan fingerprint density at radius 3 is 2.66 bits per heavy atom. The molecule has 1 N–H and O–H groups in total. The molecule has 0 aliphatic heterocycles. The number of carboxylic acids is 1. The average molecular weight is 526 g/mol. The summed E-state index contributed by atoms with van der Waals surface area (Å²) in [5.74, 6) is -4.35. The molecule has 3 rings (SSSR count). The number of carbonyl (C=O) groups is 1. The van der Waals surface area contributed by atoms with E-state index in [0.29, 0.717) is 37.4 Å². The molecule has 3 aromatic rings. The summed E-state index contributed by atoms with van der Waals surface area (Å²) < 4.78 is 48.0. The van der Waals surface area contributed by atoms with Crippen LogP contribution in [0.1, 0.15) is 41.5 Å². The fourth-order valence-corrected chi connectivity index (χ4v) is 4.95. The fourth-order valence-electron chi connectivity index (χ4n) is 3.88. The number of halogens is 4. The van der Waals surface area contributed by atoms with Gasteiger partial charge >= 0.3 is 5.97 Å². The van der Waals surface area contributed by atoms with Gasteiger partial charge in [0.1, 0.15) is 5.75 Å². The second-order valence-electron chi connectivity index (χ2n) is 8.47. The van der Waals surface area contributed by atoms with Crippen LogP contribution >= 0.6 is 22.9 Å². The Morgan fingerprint density at radius 1 is 1.20 bits per heavy atom. The molecule has 0 amide bonds. The number of ether oxygens (including phenoxy) is 1. The molecule has 0 aliphatic carbocycles. The molecule has 188 valence electrons. The predicted octanol–water partition coefficient (Wildman–Crippen LogP) is 6.83. The van der Waals surface area contributed by atoms with Crippen molar-refractivity contribution in [3.63, 3.8) is 0 Å². The molecular weight excluding hydrogens is 499 g/mol. The van der Waals surface area contributed by atoms with Crippen LogP contribution in [0.15, 0.2) is 41.1 Å². The van der Waals surface area contributed by atoms with E-state index < -0.39 is 28.4 Å². The van der Waals surface area contributed by atoms with Gasteiger partial charge in [0.05, 0.1) is 18.1 Å². The van der Waals surface area contributed by atoms with Crippen LogP contribution in [0.5, 0.6) is 5.75 Å². The van der Waals surface area contributed by atoms with Gasteiger partial charge in [0, 0.05) is 19.6 Å². The number of nitrogens with zero attached hydrogens (tertiary/aromatic N) is 1. The van der Waals surface area contributed by atoms with E-state index in [-0.39, 0.29) is 30.0 Å². The van der Waals surface area contributed by atoms with Crippen molar-refractivity contribution in [2.24, 2.45) is 0 Å². The number of aliphatic carboxylic acids is 1. The first-order valence-corrected chi connectivity index (χ1v) is 12.5. The van der Waals surface area contributed by atoms with Crippen molar-refractivity contribution in [3.8, 4) is 5.75 Å². The third-order valence-electron chi connectivity index (χ3n) is 5.79. The number of hydrogen-bond donors (Lipinski definition) is 1. The molecule has 0 spiro atoms. The molecule has 4 nitrogen and oxygen atoms in total. The maximum absolute atomic E-state index is 14.2. The maximum Gasteiger partial charge on any atom is 0.307 e. The lowest BCUT2D eigenvalue weighted by Crippen LogP contribution is -2.30. The van der Waals surface area contributed by atoms with Gasteiger partial charge in [-0.2, -0.15) is 11.3 Å². The van der Waals surface area contributed by atoms with Crippen LogP contribution < -0.4 is 4.74 Å². The Hall–Kier alpha value is -2.55. The summed E-state index contributed by atoms with van der Waals surface area (Å²) in [4.78, 5) is 12.9. The summed E-state index contributed by atoms with van der Waals surface area (Å²) in [7, 11) is 0. The monoisotopic (exact) mass is 525 g/mol. The molecule has 35 heavy (non-hydrogen) atoms. The molecule has 0 aliphatic rings. The minimum atomic E-state index is -1.56. The van der Waals surface area contributed by atoms with Crippen LogP contribution in [-0.4, -0.2) is 35.7 Å². The molecule has 1 atom stereocenters. The quantitative estimate of drug-likeness (QED) is 0.160. The third-order valence-corrected chi connectivity index (χ3v) is 6.89. The Kier molecular flexibility index (Phi) is 9.60. The second-order valence-corrected chi connectivity index (χ2v) is 9.63. The molecule has 0 bridgehead atoms. The Morgan fingerprint density at radius 2 is 1.97 bits per heavy atom. The largest absolute Gasteiger partial charge is 0.494 e. The van der Waals surface area contributed by atoms with E-state index in [2.05, 4.69) is 12.3 Å². The summed E-state index contributed by atoms with van der Waals surface area (Å²) in [6, 6.07) is 8.95. The van der Waals surface area contributed by atoms with Gasteiger partial charge in [-0.15, -0.1) is 0 Å². The van der Waals surface area contributed by atoms with Crippen molar-refractivity contribution in [2.45, 2.75) is 39.2 Å². The minimum absolute atomic E-state index is 0.00594. The van der Waals surface area contributed by atoms with Crippen molar-refractivity contribution in [1.82, 2.24) is 4.90 Å². The lowest BCUT2D eigenvalue weighted by atomic mass is 10.0. The number of carboxylic acid groups (broad SMARTS) is 1. The molecule has 1 aromatic heterocycles. The lowest BCUT2D eigenvalue weighted by molar-refractivity contribution is -0.136. The van der Waals surface area contributed by atoms with E-state index in [0.717, 1.165) is 5.56 Å². The van der Waals surface area contributed by atoms with Crippen LogP contribution in [0.25, 0.3) is 0 Å². The van der Waals surface area contributed by atoms with Crippen LogP contribution in [-0.2, 0) is 17.8 Å². The highest BCUT2D eigenvalue weighted by Crippen LogP contribution is 2.30. The molecule has 2 aromatic carbocycles. The van der Waals surface area contributed by atoms with E-state index in [4.69, 9.17) is 21.4 Å². The molecule has 1 unspecified atom stereocenters. The number of benzene rings is 2. The van der Waals surface area contributed by atoms with Crippen molar-refractivity contribution >= 4 is 28.9 Å². The molecular formula is C26H27ClF3NO3S. The van der Waals surface area contributed by atoms with E-state index in [1.807, 2.05) is 16.3 Å². The van der Waals surface area contributed by atoms with Gasteiger partial charge < -0.3 is 9.84 Å². The van der Waals surface area contributed by atoms with Gasteiger partial charge in [-0.05, 0) is 70.5 Å². The van der Waals surface area contributed by atoms with Crippen LogP contribution in [0.4, 0.5) is 13.2 Å². The van der Waals surface area contributed by atoms with Crippen LogP contribution in [0.2, 0.25) is 5.02 Å². The van der Waals surface area contributed by atoms with Crippen molar-refractivity contribution in [3.05, 3.63) is 85.8 Å². The number of hydrogen-bond acceptors (Lipinski definition) is 4. The molecule has 0 radical (unpaired) electrons. The normalized spacial score (nSPS) is 12.2. The zero-order valence-electron chi connectivity index (χ0n) is 19.5. The lowest BCUT2D eigenvalue weighted by Gasteiger charge is -2.27. The van der Waals surface area contributed by atoms with E-state index in [1.54, 1.807) is 35.6 Å². The van der Waals surface area contributed by atoms with E-state index in [9.17, 15) is 18.0 Å². The molecule has 0 saturated carbocycles. The van der Waals surface area contributed by atoms with Gasteiger partial charge in [-0.1, -0.05) is 30.7 Å². The van der Waals surface area contributed by atoms with Crippen molar-refractivity contribution in [1.29, 1.82) is 0 Å². The summed E-state index contributed by atoms with van der Waals surface area (Å²) >= 11 is 7.67. The van der Waals surface area contributed by atoms with Gasteiger partial charge in [0.2, 0.25) is 0 Å². The van der Waals surface area contributed by atoms with Gasteiger partial charge in [0.25, 0.3) is 0 Å². The third kappa shape index (κ3) is 7.22. The van der Waals surface area contributed by atoms with E-state index >= 15 is 0 Å². The SMILES string of the molecule is Cc1c(F)c(F)c(F)c(Cl)c1CN(CCCOc1cccc(CC(=O)O)c1)CC(C)c1ccsc1. The summed E-state index contributed by atoms with van der Waals surface area (Å²) in [6.45, 7) is 5.12. The standard InChI is InChI=1S/C26H27ClF3NO3S/c1-16(19-7-10-35-15-19)13-31(14-21-17(2)24(28)26(30)25(29)23(21)27)8-4-9-34-20-6-3-5-18(11-20)12-22(32)33/h3,5-7,10-11,15-16H,4,8-9,12-14H2,1-2H3,(H,32,33). The minimum Gasteiger partial charge on any atom is -0.494 e. The van der Waals surface area contributed by atoms with Crippen molar-refractivity contribution < 1.29 is 27.8 Å². The molecule has 0 fully saturated rings. The smallest absolute Gasteiger partial charge is 0.307 e. The average Bonchev–Trinajstić information content (AvgIpc) is 3.37. The predicted molar refractivity (Wildman–Crippen MR) is 132 cm³/mol. The first-order chi connectivity index (χ1) is 16.7. The second kappa shape index (κ2) is 12.4. The highest BCUT2D eigenvalue weighted by atomic mass is 35.5. The zero-order chi connectivity index (χ0) is 25.5. The van der Waals surface area contributed by atoms with Crippen LogP contribution in [0, 0.1) is 24.4 Å². The Labute approximate surface area is 211 Å². The number of thiophene rings is 1. The summed E-state index contributed by atoms with van der Waals surface area (Å²) in [5.41, 5.74) is 2.02. The summed E-state index contributed by atoms with van der Waals surface area (Å²) in [6.07, 6.45) is 0.513. The Bertz CT molecular complexity index is 1130. The molecule has 0 saturated heterocycles. The highest BCUT2D eigenvalue weighted by Gasteiger charge is 2.23. The zero-order valence-corrected chi connectivity index (χ0v) is 21.1. The maximum atomic E-state index is 14.2. The topological polar surface area (TPSA) is 49.8 Å². The van der Waals surface area contributed by atoms with Crippen LogP contribution in [0.3, 0.4) is 0 Å². The Balaban J connectivity index is 1.69. The highest BCUT2D eigenvalue weighted by molar-refractivity contribution is 7.08. The first-order valence-electron chi connectivity index (χ1n) is 11.2. The van der Waals surface area contributed by atoms with Gasteiger partial charge in [-0.3, -0.25) is 9.69 Å². The van der Waals surface area contributed by atoms with Crippen molar-refractivity contribution in [2.75, 3.05) is 19.7 Å². The fraction of sp³-hybridized carbons (Fsp3) is 0.346. The van der Waals surface area contributed by atoms with E-state index in [1.165, 1.54) is 6.92 Å². The van der Waals surface area contributed by atoms with Gasteiger partial charge in [-0.25, -0.2) is 13.2 Å².